The Morgan fingerprint density at radius 2 is 1.87 bits per heavy atom. The van der Waals surface area contributed by atoms with Gasteiger partial charge in [0, 0.05) is 11.1 Å². The monoisotopic (exact) mass is 334 g/mol. The van der Waals surface area contributed by atoms with E-state index in [-0.39, 0.29) is 6.73 Å². The highest BCUT2D eigenvalue weighted by atomic mass is 35.5. The predicted octanol–water partition coefficient (Wildman–Crippen LogP) is 4.12. The number of urea groups is 1. The van der Waals surface area contributed by atoms with E-state index in [0.717, 1.165) is 11.1 Å². The first-order valence-electron chi connectivity index (χ1n) is 7.08. The molecule has 2 amide bonds. The molecule has 0 unspecified atom stereocenters. The molecule has 0 heterocycles. The molecule has 0 aromatic heterocycles. The van der Waals surface area contributed by atoms with Crippen molar-refractivity contribution in [2.45, 2.75) is 13.8 Å². The third kappa shape index (κ3) is 4.79. The molecular formula is C17H19ClN2O3. The Hall–Kier alpha value is -2.40. The first kappa shape index (κ1) is 17.0. The molecule has 0 atom stereocenters. The van der Waals surface area contributed by atoms with Crippen molar-refractivity contribution in [2.24, 2.45) is 0 Å². The van der Waals surface area contributed by atoms with Crippen LogP contribution in [0, 0.1) is 13.8 Å². The highest BCUT2D eigenvalue weighted by Gasteiger charge is 2.10. The fraction of sp³-hybridized carbons (Fsp3) is 0.235. The lowest BCUT2D eigenvalue weighted by Crippen LogP contribution is -2.32. The third-order valence-corrected chi connectivity index (χ3v) is 3.63. The highest BCUT2D eigenvalue weighted by molar-refractivity contribution is 6.31. The standard InChI is InChI=1S/C17H19ClN2O3/c1-11-4-6-13(7-5-11)23-10-19-17(21)20-15-8-12(2)14(18)9-16(15)22-3/h4-9H,10H2,1-3H3,(H2,19,20,21). The van der Waals surface area contributed by atoms with Crippen LogP contribution in [0.4, 0.5) is 10.5 Å². The van der Waals surface area contributed by atoms with Gasteiger partial charge >= 0.3 is 6.03 Å². The lowest BCUT2D eigenvalue weighted by molar-refractivity contribution is 0.234. The van der Waals surface area contributed by atoms with Crippen LogP contribution < -0.4 is 20.1 Å². The van der Waals surface area contributed by atoms with Gasteiger partial charge in [0.05, 0.1) is 12.8 Å². The van der Waals surface area contributed by atoms with Crippen molar-refractivity contribution in [3.05, 3.63) is 52.5 Å². The number of methoxy groups -OCH3 is 1. The number of carbonyl (C=O) groups is 1. The van der Waals surface area contributed by atoms with E-state index < -0.39 is 6.03 Å². The molecule has 23 heavy (non-hydrogen) atoms. The smallest absolute Gasteiger partial charge is 0.321 e. The number of hydrogen-bond acceptors (Lipinski definition) is 3. The van der Waals surface area contributed by atoms with Gasteiger partial charge in [-0.25, -0.2) is 4.79 Å². The molecule has 0 aliphatic rings. The summed E-state index contributed by atoms with van der Waals surface area (Å²) in [5.41, 5.74) is 2.54. The molecule has 5 nitrogen and oxygen atoms in total. The second-order valence-corrected chi connectivity index (χ2v) is 5.44. The number of anilines is 1. The van der Waals surface area contributed by atoms with Gasteiger partial charge in [0.15, 0.2) is 6.73 Å². The zero-order valence-corrected chi connectivity index (χ0v) is 14.0. The van der Waals surface area contributed by atoms with Gasteiger partial charge in [0.2, 0.25) is 0 Å². The molecule has 0 saturated carbocycles. The van der Waals surface area contributed by atoms with Crippen LogP contribution in [0.2, 0.25) is 5.02 Å². The average Bonchev–Trinajstić information content (AvgIpc) is 2.52. The predicted molar refractivity (Wildman–Crippen MR) is 91.6 cm³/mol. The van der Waals surface area contributed by atoms with Crippen LogP contribution in [-0.4, -0.2) is 19.9 Å². The topological polar surface area (TPSA) is 59.6 Å². The number of rotatable bonds is 5. The van der Waals surface area contributed by atoms with E-state index in [0.29, 0.717) is 22.2 Å². The Bertz CT molecular complexity index is 687. The molecule has 0 spiro atoms. The van der Waals surface area contributed by atoms with Gasteiger partial charge in [0.25, 0.3) is 0 Å². The molecule has 6 heteroatoms. The largest absolute Gasteiger partial charge is 0.495 e. The summed E-state index contributed by atoms with van der Waals surface area (Å²) in [6.45, 7) is 3.91. The van der Waals surface area contributed by atoms with Crippen molar-refractivity contribution in [1.29, 1.82) is 0 Å². The number of hydrogen-bond donors (Lipinski definition) is 2. The van der Waals surface area contributed by atoms with E-state index in [1.165, 1.54) is 7.11 Å². The lowest BCUT2D eigenvalue weighted by Gasteiger charge is -2.13. The van der Waals surface area contributed by atoms with Gasteiger partial charge < -0.3 is 20.1 Å². The Labute approximate surface area is 140 Å². The van der Waals surface area contributed by atoms with Crippen LogP contribution in [0.3, 0.4) is 0 Å². The number of amides is 2. The Morgan fingerprint density at radius 1 is 1.17 bits per heavy atom. The van der Waals surface area contributed by atoms with Crippen LogP contribution in [-0.2, 0) is 0 Å². The normalized spacial score (nSPS) is 10.1. The van der Waals surface area contributed by atoms with Gasteiger partial charge in [0.1, 0.15) is 11.5 Å². The SMILES string of the molecule is COc1cc(Cl)c(C)cc1NC(=O)NCOc1ccc(C)cc1. The summed E-state index contributed by atoms with van der Waals surface area (Å²) in [5, 5.41) is 5.91. The average molecular weight is 335 g/mol. The van der Waals surface area contributed by atoms with E-state index in [4.69, 9.17) is 21.1 Å². The Morgan fingerprint density at radius 3 is 2.52 bits per heavy atom. The van der Waals surface area contributed by atoms with Crippen LogP contribution in [0.25, 0.3) is 0 Å². The summed E-state index contributed by atoms with van der Waals surface area (Å²) in [6, 6.07) is 10.6. The lowest BCUT2D eigenvalue weighted by atomic mass is 10.2. The highest BCUT2D eigenvalue weighted by Crippen LogP contribution is 2.30. The fourth-order valence-corrected chi connectivity index (χ4v) is 2.07. The third-order valence-electron chi connectivity index (χ3n) is 3.22. The van der Waals surface area contributed by atoms with E-state index >= 15 is 0 Å². The molecule has 0 saturated heterocycles. The molecule has 0 radical (unpaired) electrons. The van der Waals surface area contributed by atoms with Gasteiger partial charge in [-0.15, -0.1) is 0 Å². The minimum absolute atomic E-state index is 0.0593. The number of benzene rings is 2. The number of aryl methyl sites for hydroxylation is 2. The Kier molecular flexibility index (Phi) is 5.71. The quantitative estimate of drug-likeness (QED) is 0.808. The zero-order chi connectivity index (χ0) is 16.8. The number of nitrogens with one attached hydrogen (secondary N) is 2. The number of ether oxygens (including phenoxy) is 2. The maximum atomic E-state index is 11.9. The first-order valence-corrected chi connectivity index (χ1v) is 7.46. The Balaban J connectivity index is 1.89. The molecular weight excluding hydrogens is 316 g/mol. The summed E-state index contributed by atoms with van der Waals surface area (Å²) < 4.78 is 10.7. The molecule has 2 N–H and O–H groups in total. The van der Waals surface area contributed by atoms with E-state index in [9.17, 15) is 4.79 Å². The van der Waals surface area contributed by atoms with E-state index in [1.807, 2.05) is 38.1 Å². The van der Waals surface area contributed by atoms with Crippen molar-refractivity contribution in [3.8, 4) is 11.5 Å². The van der Waals surface area contributed by atoms with Crippen LogP contribution in [0.1, 0.15) is 11.1 Å². The molecule has 2 aromatic carbocycles. The second-order valence-electron chi connectivity index (χ2n) is 5.03. The van der Waals surface area contributed by atoms with Crippen molar-refractivity contribution < 1.29 is 14.3 Å². The summed E-state index contributed by atoms with van der Waals surface area (Å²) in [4.78, 5) is 11.9. The van der Waals surface area contributed by atoms with Crippen molar-refractivity contribution in [1.82, 2.24) is 5.32 Å². The molecule has 2 aromatic rings. The van der Waals surface area contributed by atoms with Crippen molar-refractivity contribution >= 4 is 23.3 Å². The molecule has 0 bridgehead atoms. The first-order chi connectivity index (χ1) is 11.0. The maximum absolute atomic E-state index is 11.9. The van der Waals surface area contributed by atoms with Gasteiger partial charge in [-0.1, -0.05) is 29.3 Å². The minimum atomic E-state index is -0.392. The van der Waals surface area contributed by atoms with Crippen molar-refractivity contribution in [2.75, 3.05) is 19.2 Å². The van der Waals surface area contributed by atoms with Crippen LogP contribution in [0.15, 0.2) is 36.4 Å². The maximum Gasteiger partial charge on any atom is 0.321 e. The molecule has 122 valence electrons. The zero-order valence-electron chi connectivity index (χ0n) is 13.3. The fourth-order valence-electron chi connectivity index (χ4n) is 1.92. The number of carbonyl (C=O) groups excluding carboxylic acids is 1. The van der Waals surface area contributed by atoms with E-state index in [1.54, 1.807) is 12.1 Å². The summed E-state index contributed by atoms with van der Waals surface area (Å²) >= 11 is 6.04. The molecule has 0 aliphatic heterocycles. The van der Waals surface area contributed by atoms with E-state index in [2.05, 4.69) is 10.6 Å². The second kappa shape index (κ2) is 7.74. The van der Waals surface area contributed by atoms with Crippen LogP contribution in [0.5, 0.6) is 11.5 Å². The summed E-state index contributed by atoms with van der Waals surface area (Å²) in [5.74, 6) is 1.19. The van der Waals surface area contributed by atoms with Crippen molar-refractivity contribution in [3.63, 3.8) is 0 Å². The van der Waals surface area contributed by atoms with Gasteiger partial charge in [-0.2, -0.15) is 0 Å². The van der Waals surface area contributed by atoms with Gasteiger partial charge in [-0.05, 0) is 37.6 Å². The molecule has 0 aliphatic carbocycles. The molecule has 0 fully saturated rings. The minimum Gasteiger partial charge on any atom is -0.495 e. The summed E-state index contributed by atoms with van der Waals surface area (Å²) in [6.07, 6.45) is 0. The van der Waals surface area contributed by atoms with Crippen LogP contribution >= 0.6 is 11.6 Å². The molecule has 2 rings (SSSR count). The number of halogens is 1. The summed E-state index contributed by atoms with van der Waals surface area (Å²) in [7, 11) is 1.52. The van der Waals surface area contributed by atoms with Gasteiger partial charge in [-0.3, -0.25) is 0 Å².